The van der Waals surface area contributed by atoms with E-state index in [4.69, 9.17) is 4.52 Å². The summed E-state index contributed by atoms with van der Waals surface area (Å²) in [5, 5.41) is 16.3. The topological polar surface area (TPSA) is 75.4 Å². The maximum atomic E-state index is 12.0. The fourth-order valence-electron chi connectivity index (χ4n) is 2.57. The number of aliphatic hydroxyl groups excluding tert-OH is 1. The van der Waals surface area contributed by atoms with E-state index in [2.05, 4.69) is 10.5 Å². The molecule has 2 aromatic rings. The van der Waals surface area contributed by atoms with Crippen molar-refractivity contribution in [2.75, 3.05) is 6.54 Å². The average molecular weight is 316 g/mol. The summed E-state index contributed by atoms with van der Waals surface area (Å²) in [5.74, 6) is 0.555. The van der Waals surface area contributed by atoms with Crippen LogP contribution in [0.1, 0.15) is 32.9 Å². The molecule has 0 bridgehead atoms. The Hall–Kier alpha value is -2.14. The molecule has 124 valence electrons. The van der Waals surface area contributed by atoms with Crippen molar-refractivity contribution in [3.63, 3.8) is 0 Å². The minimum Gasteiger partial charge on any atom is -0.393 e. The molecule has 1 amide bonds. The van der Waals surface area contributed by atoms with Crippen molar-refractivity contribution in [3.8, 4) is 11.3 Å². The Morgan fingerprint density at radius 1 is 1.35 bits per heavy atom. The second-order valence-electron chi connectivity index (χ2n) is 6.72. The van der Waals surface area contributed by atoms with Gasteiger partial charge in [0.1, 0.15) is 0 Å². The molecular formula is C18H24N2O3. The van der Waals surface area contributed by atoms with Crippen LogP contribution in [0.2, 0.25) is 0 Å². The Morgan fingerprint density at radius 2 is 2.04 bits per heavy atom. The van der Waals surface area contributed by atoms with Gasteiger partial charge in [-0.05, 0) is 18.8 Å². The molecule has 0 aliphatic heterocycles. The van der Waals surface area contributed by atoms with E-state index in [9.17, 15) is 9.90 Å². The van der Waals surface area contributed by atoms with Gasteiger partial charge >= 0.3 is 0 Å². The molecule has 0 spiro atoms. The summed E-state index contributed by atoms with van der Waals surface area (Å²) >= 11 is 0. The average Bonchev–Trinajstić information content (AvgIpc) is 2.93. The number of carbonyl (C=O) groups excluding carboxylic acids is 1. The molecule has 1 atom stereocenters. The summed E-state index contributed by atoms with van der Waals surface area (Å²) in [6.07, 6.45) is 0.433. The van der Waals surface area contributed by atoms with Crippen LogP contribution in [0.25, 0.3) is 11.3 Å². The highest BCUT2D eigenvalue weighted by molar-refractivity contribution is 5.78. The summed E-state index contributed by atoms with van der Waals surface area (Å²) in [4.78, 5) is 12.0. The van der Waals surface area contributed by atoms with E-state index in [-0.39, 0.29) is 23.8 Å². The quantitative estimate of drug-likeness (QED) is 0.823. The van der Waals surface area contributed by atoms with Gasteiger partial charge in [-0.3, -0.25) is 4.79 Å². The molecule has 1 heterocycles. The Balaban J connectivity index is 1.88. The second kappa shape index (κ2) is 7.42. The van der Waals surface area contributed by atoms with Crippen molar-refractivity contribution in [2.24, 2.45) is 5.41 Å². The van der Waals surface area contributed by atoms with Gasteiger partial charge < -0.3 is 14.9 Å². The number of rotatable bonds is 7. The number of carbonyl (C=O) groups is 1. The monoisotopic (exact) mass is 316 g/mol. The van der Waals surface area contributed by atoms with Crippen LogP contribution in [0, 0.1) is 5.41 Å². The summed E-state index contributed by atoms with van der Waals surface area (Å²) in [6, 6.07) is 11.4. The first-order valence-corrected chi connectivity index (χ1v) is 7.81. The number of hydrogen-bond acceptors (Lipinski definition) is 4. The minimum absolute atomic E-state index is 0.100. The molecule has 5 heteroatoms. The van der Waals surface area contributed by atoms with Crippen molar-refractivity contribution in [1.82, 2.24) is 10.5 Å². The number of aromatic nitrogens is 1. The summed E-state index contributed by atoms with van der Waals surface area (Å²) < 4.78 is 5.29. The number of hydrogen-bond donors (Lipinski definition) is 2. The van der Waals surface area contributed by atoms with Crippen molar-refractivity contribution in [3.05, 3.63) is 42.1 Å². The molecule has 0 aliphatic rings. The van der Waals surface area contributed by atoms with E-state index in [1.54, 1.807) is 13.0 Å². The molecule has 1 aromatic carbocycles. The van der Waals surface area contributed by atoms with E-state index in [1.165, 1.54) is 0 Å². The fourth-order valence-corrected chi connectivity index (χ4v) is 2.57. The van der Waals surface area contributed by atoms with Gasteiger partial charge in [-0.15, -0.1) is 0 Å². The SMILES string of the molecule is C[C@H](O)CC(C)(C)CNC(=O)Cc1cc(-c2ccccc2)on1. The van der Waals surface area contributed by atoms with Gasteiger partial charge in [0, 0.05) is 18.2 Å². The molecule has 23 heavy (non-hydrogen) atoms. The van der Waals surface area contributed by atoms with Crippen LogP contribution in [-0.4, -0.2) is 28.8 Å². The van der Waals surface area contributed by atoms with Crippen molar-refractivity contribution < 1.29 is 14.4 Å². The van der Waals surface area contributed by atoms with Gasteiger partial charge in [-0.2, -0.15) is 0 Å². The van der Waals surface area contributed by atoms with Crippen LogP contribution >= 0.6 is 0 Å². The minimum atomic E-state index is -0.383. The Bertz CT molecular complexity index is 633. The van der Waals surface area contributed by atoms with Crippen molar-refractivity contribution in [2.45, 2.75) is 39.7 Å². The molecule has 0 saturated heterocycles. The van der Waals surface area contributed by atoms with E-state index < -0.39 is 0 Å². The van der Waals surface area contributed by atoms with Crippen LogP contribution in [0.5, 0.6) is 0 Å². The van der Waals surface area contributed by atoms with Gasteiger partial charge in [0.25, 0.3) is 0 Å². The maximum absolute atomic E-state index is 12.0. The number of nitrogens with zero attached hydrogens (tertiary/aromatic N) is 1. The lowest BCUT2D eigenvalue weighted by molar-refractivity contribution is -0.121. The van der Waals surface area contributed by atoms with Gasteiger partial charge in [0.2, 0.25) is 5.91 Å². The van der Waals surface area contributed by atoms with Crippen molar-refractivity contribution in [1.29, 1.82) is 0 Å². The number of aliphatic hydroxyl groups is 1. The Morgan fingerprint density at radius 3 is 2.70 bits per heavy atom. The highest BCUT2D eigenvalue weighted by atomic mass is 16.5. The predicted octanol–water partition coefficient (Wildman–Crippen LogP) is 2.80. The van der Waals surface area contributed by atoms with Crippen LogP contribution in [0.3, 0.4) is 0 Å². The molecule has 1 aromatic heterocycles. The number of benzene rings is 1. The lowest BCUT2D eigenvalue weighted by Gasteiger charge is -2.26. The summed E-state index contributed by atoms with van der Waals surface area (Å²) in [5.41, 5.74) is 1.39. The van der Waals surface area contributed by atoms with E-state index in [0.717, 1.165) is 5.56 Å². The fraction of sp³-hybridized carbons (Fsp3) is 0.444. The normalized spacial score (nSPS) is 12.9. The van der Waals surface area contributed by atoms with Gasteiger partial charge in [-0.25, -0.2) is 0 Å². The third-order valence-corrected chi connectivity index (χ3v) is 3.57. The number of nitrogens with one attached hydrogen (secondary N) is 1. The highest BCUT2D eigenvalue weighted by Gasteiger charge is 2.21. The first kappa shape index (κ1) is 17.2. The van der Waals surface area contributed by atoms with Crippen molar-refractivity contribution >= 4 is 5.91 Å². The molecular weight excluding hydrogens is 292 g/mol. The standard InChI is InChI=1S/C18H24N2O3/c1-13(21)11-18(2,3)12-19-17(22)10-15-9-16(23-20-15)14-7-5-4-6-8-14/h4-9,13,21H,10-12H2,1-3H3,(H,19,22)/t13-/m0/s1. The van der Waals surface area contributed by atoms with Gasteiger partial charge in [-0.1, -0.05) is 49.3 Å². The van der Waals surface area contributed by atoms with E-state index >= 15 is 0 Å². The Kier molecular flexibility index (Phi) is 5.55. The zero-order chi connectivity index (χ0) is 16.9. The highest BCUT2D eigenvalue weighted by Crippen LogP contribution is 2.22. The van der Waals surface area contributed by atoms with Crippen LogP contribution in [0.4, 0.5) is 0 Å². The van der Waals surface area contributed by atoms with E-state index in [1.807, 2.05) is 44.2 Å². The van der Waals surface area contributed by atoms with Crippen LogP contribution in [0.15, 0.2) is 40.9 Å². The summed E-state index contributed by atoms with van der Waals surface area (Å²) in [7, 11) is 0. The molecule has 0 aliphatic carbocycles. The smallest absolute Gasteiger partial charge is 0.226 e. The van der Waals surface area contributed by atoms with E-state index in [0.29, 0.717) is 24.4 Å². The zero-order valence-electron chi connectivity index (χ0n) is 13.9. The third-order valence-electron chi connectivity index (χ3n) is 3.57. The Labute approximate surface area is 136 Å². The lowest BCUT2D eigenvalue weighted by atomic mass is 9.87. The molecule has 0 radical (unpaired) electrons. The van der Waals surface area contributed by atoms with Gasteiger partial charge in [0.15, 0.2) is 5.76 Å². The first-order valence-electron chi connectivity index (χ1n) is 7.81. The molecule has 0 fully saturated rings. The van der Waals surface area contributed by atoms with Gasteiger partial charge in [0.05, 0.1) is 18.2 Å². The molecule has 0 unspecified atom stereocenters. The first-order chi connectivity index (χ1) is 10.9. The van der Waals surface area contributed by atoms with Crippen LogP contribution in [-0.2, 0) is 11.2 Å². The number of amides is 1. The molecule has 2 N–H and O–H groups in total. The molecule has 5 nitrogen and oxygen atoms in total. The summed E-state index contributed by atoms with van der Waals surface area (Å²) in [6.45, 7) is 6.30. The van der Waals surface area contributed by atoms with Crippen LogP contribution < -0.4 is 5.32 Å². The molecule has 0 saturated carbocycles. The lowest BCUT2D eigenvalue weighted by Crippen LogP contribution is -2.36. The largest absolute Gasteiger partial charge is 0.393 e. The predicted molar refractivity (Wildman–Crippen MR) is 88.7 cm³/mol. The molecule has 2 rings (SSSR count). The third kappa shape index (κ3) is 5.53. The second-order valence-corrected chi connectivity index (χ2v) is 6.72. The maximum Gasteiger partial charge on any atom is 0.226 e. The zero-order valence-corrected chi connectivity index (χ0v) is 13.9.